The first-order valence-corrected chi connectivity index (χ1v) is 14.4. The van der Waals surface area contributed by atoms with E-state index in [2.05, 4.69) is 46.4 Å². The molecule has 25 heavy (non-hydrogen) atoms. The van der Waals surface area contributed by atoms with E-state index in [4.69, 9.17) is 17.7 Å². The maximum Gasteiger partial charge on any atom is 0.370 e. The van der Waals surface area contributed by atoms with Gasteiger partial charge in [0.25, 0.3) is 0 Å². The van der Waals surface area contributed by atoms with Crippen LogP contribution in [0.25, 0.3) is 0 Å². The first kappa shape index (κ1) is 22.8. The van der Waals surface area contributed by atoms with Gasteiger partial charge < -0.3 is 17.7 Å². The summed E-state index contributed by atoms with van der Waals surface area (Å²) in [5, 5.41) is 1.35. The minimum atomic E-state index is -2.54. The molecular formula is C19H38O4Si2. The van der Waals surface area contributed by atoms with Crippen LogP contribution in [0, 0.1) is 5.92 Å². The quantitative estimate of drug-likeness (QED) is 0.441. The van der Waals surface area contributed by atoms with Crippen molar-refractivity contribution in [2.75, 3.05) is 26.4 Å². The molecule has 0 saturated heterocycles. The highest BCUT2D eigenvalue weighted by Gasteiger charge is 2.51. The second-order valence-electron chi connectivity index (χ2n) is 6.88. The topological polar surface area (TPSA) is 36.9 Å². The van der Waals surface area contributed by atoms with Crippen molar-refractivity contribution in [3.8, 4) is 0 Å². The lowest BCUT2D eigenvalue weighted by Crippen LogP contribution is -2.55. The van der Waals surface area contributed by atoms with Crippen molar-refractivity contribution in [3.05, 3.63) is 22.9 Å². The summed E-state index contributed by atoms with van der Waals surface area (Å²) in [7, 11) is -4.87. The second-order valence-corrected chi connectivity index (χ2v) is 13.9. The molecule has 1 rings (SSSR count). The van der Waals surface area contributed by atoms with Crippen molar-refractivity contribution in [2.45, 2.75) is 66.6 Å². The summed E-state index contributed by atoms with van der Waals surface area (Å²) in [5.41, 5.74) is 2.30. The summed E-state index contributed by atoms with van der Waals surface area (Å²) in [5.74, 6) is 0.597. The van der Waals surface area contributed by atoms with Crippen molar-refractivity contribution in [1.29, 1.82) is 0 Å². The van der Waals surface area contributed by atoms with Crippen LogP contribution in [0.4, 0.5) is 0 Å². The van der Waals surface area contributed by atoms with Crippen LogP contribution in [0.5, 0.6) is 0 Å². The lowest BCUT2D eigenvalue weighted by Gasteiger charge is -2.38. The Morgan fingerprint density at radius 1 is 0.840 bits per heavy atom. The third-order valence-corrected chi connectivity index (χ3v) is 13.8. The van der Waals surface area contributed by atoms with Crippen molar-refractivity contribution in [3.63, 3.8) is 0 Å². The summed E-state index contributed by atoms with van der Waals surface area (Å²) >= 11 is 0. The molecule has 0 fully saturated rings. The Morgan fingerprint density at radius 3 is 1.72 bits per heavy atom. The number of hydrogen-bond acceptors (Lipinski definition) is 4. The average molecular weight is 387 g/mol. The first-order valence-electron chi connectivity index (χ1n) is 9.82. The highest BCUT2D eigenvalue weighted by molar-refractivity contribution is 6.89. The lowest BCUT2D eigenvalue weighted by molar-refractivity contribution is 0.169. The van der Waals surface area contributed by atoms with Gasteiger partial charge in [-0.25, -0.2) is 0 Å². The number of allylic oxidation sites excluding steroid dienone is 4. The molecule has 6 heteroatoms. The predicted molar refractivity (Wildman–Crippen MR) is 109 cm³/mol. The third-order valence-electron chi connectivity index (χ3n) is 4.62. The maximum absolute atomic E-state index is 6.39. The summed E-state index contributed by atoms with van der Waals surface area (Å²) < 4.78 is 25.0. The minimum Gasteiger partial charge on any atom is -0.395 e. The van der Waals surface area contributed by atoms with Gasteiger partial charge in [0.15, 0.2) is 0 Å². The van der Waals surface area contributed by atoms with Gasteiger partial charge in [0.1, 0.15) is 0 Å². The molecule has 0 spiro atoms. The van der Waals surface area contributed by atoms with Crippen LogP contribution >= 0.6 is 0 Å². The van der Waals surface area contributed by atoms with Gasteiger partial charge in [-0.1, -0.05) is 31.6 Å². The largest absolute Gasteiger partial charge is 0.395 e. The van der Waals surface area contributed by atoms with Crippen LogP contribution in [-0.4, -0.2) is 43.5 Å². The molecule has 0 bridgehead atoms. The van der Waals surface area contributed by atoms with Gasteiger partial charge in [0.2, 0.25) is 0 Å². The second kappa shape index (κ2) is 10.8. The fourth-order valence-corrected chi connectivity index (χ4v) is 13.0. The SMILES string of the molecule is CCO[Si](C)(C[Si](OCC)(OCC)C1=CC=C(C(C)C)CC1)OCC. The molecule has 0 aromatic rings. The Hall–Kier alpha value is -0.246. The Bertz CT molecular complexity index is 448. The van der Waals surface area contributed by atoms with Gasteiger partial charge in [-0.15, -0.1) is 0 Å². The van der Waals surface area contributed by atoms with Gasteiger partial charge in [-0.2, -0.15) is 0 Å². The van der Waals surface area contributed by atoms with E-state index in [1.165, 1.54) is 10.8 Å². The molecule has 0 amide bonds. The molecule has 1 aliphatic carbocycles. The van der Waals surface area contributed by atoms with Crippen LogP contribution in [0.1, 0.15) is 54.4 Å². The summed E-state index contributed by atoms with van der Waals surface area (Å²) in [6.07, 6.45) is 6.67. The van der Waals surface area contributed by atoms with E-state index in [0.717, 1.165) is 18.5 Å². The molecule has 0 N–H and O–H groups in total. The lowest BCUT2D eigenvalue weighted by atomic mass is 9.95. The summed E-state index contributed by atoms with van der Waals surface area (Å²) in [6.45, 7) is 17.5. The molecule has 0 aromatic carbocycles. The van der Waals surface area contributed by atoms with Crippen molar-refractivity contribution < 1.29 is 17.7 Å². The molecule has 0 radical (unpaired) electrons. The van der Waals surface area contributed by atoms with Gasteiger partial charge in [-0.3, -0.25) is 0 Å². The van der Waals surface area contributed by atoms with Gasteiger partial charge in [0.05, 0.1) is 0 Å². The van der Waals surface area contributed by atoms with Gasteiger partial charge >= 0.3 is 17.1 Å². The fourth-order valence-electron chi connectivity index (χ4n) is 3.54. The molecular weight excluding hydrogens is 348 g/mol. The van der Waals surface area contributed by atoms with Gasteiger partial charge in [0, 0.05) is 32.1 Å². The Kier molecular flexibility index (Phi) is 9.84. The third kappa shape index (κ3) is 6.45. The molecule has 1 aliphatic rings. The smallest absolute Gasteiger partial charge is 0.370 e. The molecule has 0 aliphatic heterocycles. The Balaban J connectivity index is 3.21. The van der Waals surface area contributed by atoms with E-state index in [1.807, 2.05) is 13.8 Å². The molecule has 146 valence electrons. The number of hydrogen-bond donors (Lipinski definition) is 0. The molecule has 0 unspecified atom stereocenters. The Morgan fingerprint density at radius 2 is 1.36 bits per heavy atom. The number of rotatable bonds is 12. The minimum absolute atomic E-state index is 0.597. The van der Waals surface area contributed by atoms with Gasteiger partial charge in [-0.05, 0) is 58.2 Å². The van der Waals surface area contributed by atoms with Crippen molar-refractivity contribution in [1.82, 2.24) is 0 Å². The maximum atomic E-state index is 6.39. The normalized spacial score (nSPS) is 16.2. The van der Waals surface area contributed by atoms with E-state index >= 15 is 0 Å². The summed E-state index contributed by atoms with van der Waals surface area (Å²) in [6, 6.07) is 0. The highest BCUT2D eigenvalue weighted by atomic mass is 28.4. The van der Waals surface area contributed by atoms with Crippen molar-refractivity contribution >= 4 is 17.1 Å². The van der Waals surface area contributed by atoms with E-state index in [-0.39, 0.29) is 0 Å². The Labute approximate surface area is 157 Å². The van der Waals surface area contributed by atoms with Crippen LogP contribution in [0.3, 0.4) is 0 Å². The van der Waals surface area contributed by atoms with Crippen LogP contribution in [0.15, 0.2) is 22.9 Å². The van der Waals surface area contributed by atoms with Crippen molar-refractivity contribution in [2.24, 2.45) is 5.92 Å². The summed E-state index contributed by atoms with van der Waals surface area (Å²) in [4.78, 5) is 0. The zero-order valence-corrected chi connectivity index (χ0v) is 19.3. The molecule has 0 heterocycles. The standard InChI is InChI=1S/C19H38O4Si2/c1-8-20-24(7,21-9-2)16-25(22-10-3,23-11-4)19-14-12-18(13-15-19)17(5)6/h12,14,17H,8-11,13,15-16H2,1-7H3. The zero-order chi connectivity index (χ0) is 18.9. The van der Waals surface area contributed by atoms with Crippen LogP contribution < -0.4 is 0 Å². The first-order chi connectivity index (χ1) is 11.9. The van der Waals surface area contributed by atoms with E-state index in [9.17, 15) is 0 Å². The van der Waals surface area contributed by atoms with E-state index < -0.39 is 17.1 Å². The molecule has 0 aromatic heterocycles. The highest BCUT2D eigenvalue weighted by Crippen LogP contribution is 2.36. The monoisotopic (exact) mass is 386 g/mol. The van der Waals surface area contributed by atoms with E-state index in [0.29, 0.717) is 32.3 Å². The fraction of sp³-hybridized carbons (Fsp3) is 0.789. The van der Waals surface area contributed by atoms with Crippen LogP contribution in [0.2, 0.25) is 12.2 Å². The molecule has 4 nitrogen and oxygen atoms in total. The van der Waals surface area contributed by atoms with Crippen LogP contribution in [-0.2, 0) is 17.7 Å². The molecule has 0 saturated carbocycles. The zero-order valence-electron chi connectivity index (χ0n) is 17.3. The van der Waals surface area contributed by atoms with E-state index in [1.54, 1.807) is 0 Å². The average Bonchev–Trinajstić information content (AvgIpc) is 2.55. The molecule has 0 atom stereocenters. The predicted octanol–water partition coefficient (Wildman–Crippen LogP) is 5.03.